The summed E-state index contributed by atoms with van der Waals surface area (Å²) in [5, 5.41) is 14.4. The summed E-state index contributed by atoms with van der Waals surface area (Å²) in [5.74, 6) is -3.81. The second-order valence-electron chi connectivity index (χ2n) is 18.5. The van der Waals surface area contributed by atoms with Crippen LogP contribution >= 0.6 is 0 Å². The van der Waals surface area contributed by atoms with E-state index in [9.17, 15) is 24.3 Å². The van der Waals surface area contributed by atoms with E-state index >= 15 is 4.79 Å². The number of carbonyl (C=O) groups is 5. The van der Waals surface area contributed by atoms with Gasteiger partial charge in [-0.25, -0.2) is 14.4 Å². The molecule has 0 spiro atoms. The van der Waals surface area contributed by atoms with E-state index in [1.807, 2.05) is 20.8 Å². The van der Waals surface area contributed by atoms with Crippen molar-refractivity contribution in [3.63, 3.8) is 0 Å². The van der Waals surface area contributed by atoms with E-state index in [2.05, 4.69) is 5.32 Å². The number of methoxy groups -OCH3 is 2. The minimum absolute atomic E-state index is 0.0204. The average molecular weight is 834 g/mol. The first-order valence-electron chi connectivity index (χ1n) is 20.4. The molecule has 326 valence electrons. The van der Waals surface area contributed by atoms with Crippen LogP contribution in [0.3, 0.4) is 0 Å². The van der Waals surface area contributed by atoms with Gasteiger partial charge in [0.15, 0.2) is 17.5 Å². The van der Waals surface area contributed by atoms with E-state index < -0.39 is 106 Å². The van der Waals surface area contributed by atoms with Crippen LogP contribution in [-0.4, -0.2) is 104 Å². The smallest absolute Gasteiger partial charge is 0.408 e. The molecular weight excluding hydrogens is 774 g/mol. The van der Waals surface area contributed by atoms with Crippen LogP contribution in [0.15, 0.2) is 71.8 Å². The van der Waals surface area contributed by atoms with Gasteiger partial charge in [0, 0.05) is 33.0 Å². The van der Waals surface area contributed by atoms with Gasteiger partial charge in [-0.1, -0.05) is 69.3 Å². The first kappa shape index (κ1) is 44.9. The van der Waals surface area contributed by atoms with Crippen LogP contribution in [0.25, 0.3) is 0 Å². The molecule has 2 bridgehead atoms. The molecule has 2 saturated carbocycles. The Morgan fingerprint density at radius 1 is 0.917 bits per heavy atom. The van der Waals surface area contributed by atoms with Gasteiger partial charge < -0.3 is 43.6 Å². The Kier molecular flexibility index (Phi) is 12.2. The largest absolute Gasteiger partial charge is 0.458 e. The highest BCUT2D eigenvalue weighted by atomic mass is 16.6. The molecule has 0 unspecified atom stereocenters. The zero-order valence-electron chi connectivity index (χ0n) is 36.4. The molecule has 0 aromatic heterocycles. The number of rotatable bonds is 10. The molecule has 1 aliphatic heterocycles. The molecule has 0 radical (unpaired) electrons. The number of nitrogens with one attached hydrogen (secondary N) is 1. The third-order valence-corrected chi connectivity index (χ3v) is 13.6. The predicted molar refractivity (Wildman–Crippen MR) is 216 cm³/mol. The first-order valence-corrected chi connectivity index (χ1v) is 20.4. The van der Waals surface area contributed by atoms with Crippen molar-refractivity contribution in [1.29, 1.82) is 0 Å². The normalized spacial score (nSPS) is 33.0. The number of carbonyl (C=O) groups excluding carboxylic acids is 5. The Bertz CT molecular complexity index is 2010. The van der Waals surface area contributed by atoms with Crippen LogP contribution in [-0.2, 0) is 47.5 Å². The van der Waals surface area contributed by atoms with Crippen LogP contribution in [0.4, 0.5) is 4.79 Å². The lowest BCUT2D eigenvalue weighted by Crippen LogP contribution is -2.80. The number of amides is 1. The van der Waals surface area contributed by atoms with E-state index in [1.54, 1.807) is 95.3 Å². The highest BCUT2D eigenvalue weighted by Crippen LogP contribution is 2.67. The van der Waals surface area contributed by atoms with E-state index in [0.717, 1.165) is 0 Å². The van der Waals surface area contributed by atoms with Crippen LogP contribution in [0, 0.1) is 22.2 Å². The van der Waals surface area contributed by atoms with E-state index in [4.69, 9.17) is 33.2 Å². The van der Waals surface area contributed by atoms with Crippen LogP contribution < -0.4 is 5.32 Å². The Balaban J connectivity index is 1.52. The molecule has 14 heteroatoms. The quantitative estimate of drug-likeness (QED) is 0.166. The molecule has 11 atom stereocenters. The fourth-order valence-corrected chi connectivity index (χ4v) is 10.4. The molecule has 2 aromatic rings. The summed E-state index contributed by atoms with van der Waals surface area (Å²) in [7, 11) is 2.93. The lowest BCUT2D eigenvalue weighted by atomic mass is 9.42. The van der Waals surface area contributed by atoms with Gasteiger partial charge in [0.25, 0.3) is 0 Å². The van der Waals surface area contributed by atoms with Crippen molar-refractivity contribution in [1.82, 2.24) is 5.32 Å². The van der Waals surface area contributed by atoms with Crippen molar-refractivity contribution in [3.8, 4) is 0 Å². The third-order valence-electron chi connectivity index (χ3n) is 13.6. The van der Waals surface area contributed by atoms with Crippen LogP contribution in [0.2, 0.25) is 0 Å². The molecule has 3 aliphatic carbocycles. The third kappa shape index (κ3) is 7.54. The SMILES string of the molecule is CO[C@H]1C(=O)[C@]2(C)[C@@H](OC)C[C@H]3OC[C@@]3(OC(C)=O)[C@H]2[C@H](OC(=O)c2ccccc2)[C@]2(C)C[C@H](OC(=O)[C@H](O)[C@@H](NC(=O)OC(C)(C)C)c3ccccc3)C(C)=C1C2(C)C. The number of ketones is 1. The number of benzene rings is 2. The van der Waals surface area contributed by atoms with Crippen molar-refractivity contribution in [3.05, 3.63) is 82.9 Å². The number of alkyl carbamates (subject to hydrolysis) is 1. The lowest BCUT2D eigenvalue weighted by molar-refractivity contribution is -0.342. The van der Waals surface area contributed by atoms with Gasteiger partial charge >= 0.3 is 24.0 Å². The zero-order chi connectivity index (χ0) is 44.2. The summed E-state index contributed by atoms with van der Waals surface area (Å²) >= 11 is 0. The Morgan fingerprint density at radius 3 is 2.07 bits per heavy atom. The molecule has 6 rings (SSSR count). The Morgan fingerprint density at radius 2 is 1.53 bits per heavy atom. The maximum atomic E-state index is 15.6. The lowest BCUT2D eigenvalue weighted by Gasteiger charge is -2.68. The predicted octanol–water partition coefficient (Wildman–Crippen LogP) is 5.84. The number of aliphatic hydroxyl groups is 1. The van der Waals surface area contributed by atoms with Crippen LogP contribution in [0.5, 0.6) is 0 Å². The highest BCUT2D eigenvalue weighted by Gasteiger charge is 2.77. The fraction of sp³-hybridized carbons (Fsp3) is 0.587. The maximum Gasteiger partial charge on any atom is 0.408 e. The average Bonchev–Trinajstić information content (AvgIpc) is 3.18. The molecule has 1 saturated heterocycles. The van der Waals surface area contributed by atoms with Gasteiger partial charge in [0.2, 0.25) is 0 Å². The van der Waals surface area contributed by atoms with Crippen molar-refractivity contribution in [2.45, 2.75) is 129 Å². The van der Waals surface area contributed by atoms with Crippen molar-refractivity contribution in [2.24, 2.45) is 22.2 Å². The second-order valence-corrected chi connectivity index (χ2v) is 18.5. The number of fused-ring (bicyclic) bond motifs is 5. The summed E-state index contributed by atoms with van der Waals surface area (Å²) < 4.78 is 43.2. The number of aliphatic hydroxyl groups excluding tert-OH is 1. The molecule has 4 aliphatic rings. The monoisotopic (exact) mass is 833 g/mol. The summed E-state index contributed by atoms with van der Waals surface area (Å²) in [6.07, 6.45) is -7.59. The van der Waals surface area contributed by atoms with E-state index in [1.165, 1.54) is 21.1 Å². The van der Waals surface area contributed by atoms with Gasteiger partial charge in [-0.05, 0) is 75.3 Å². The topological polar surface area (TPSA) is 182 Å². The van der Waals surface area contributed by atoms with Crippen molar-refractivity contribution < 1.29 is 62.2 Å². The first-order chi connectivity index (χ1) is 28.1. The van der Waals surface area contributed by atoms with Crippen LogP contribution in [0.1, 0.15) is 97.1 Å². The second kappa shape index (κ2) is 16.3. The summed E-state index contributed by atoms with van der Waals surface area (Å²) in [6.45, 7) is 15.6. The Hall–Kier alpha value is -4.63. The molecular formula is C46H59NO13. The molecule has 1 heterocycles. The summed E-state index contributed by atoms with van der Waals surface area (Å²) in [5.41, 5.74) is -4.36. The summed E-state index contributed by atoms with van der Waals surface area (Å²) in [6, 6.07) is 15.6. The van der Waals surface area contributed by atoms with Gasteiger partial charge in [0.05, 0.1) is 35.6 Å². The maximum absolute atomic E-state index is 15.6. The summed E-state index contributed by atoms with van der Waals surface area (Å²) in [4.78, 5) is 70.5. The molecule has 60 heavy (non-hydrogen) atoms. The fourth-order valence-electron chi connectivity index (χ4n) is 10.4. The van der Waals surface area contributed by atoms with E-state index in [0.29, 0.717) is 16.7 Å². The van der Waals surface area contributed by atoms with Gasteiger partial charge in [-0.3, -0.25) is 9.59 Å². The minimum atomic E-state index is -1.92. The molecule has 3 fully saturated rings. The van der Waals surface area contributed by atoms with E-state index in [-0.39, 0.29) is 25.0 Å². The molecule has 1 amide bonds. The minimum Gasteiger partial charge on any atom is -0.458 e. The number of esters is 3. The number of ether oxygens (including phenoxy) is 7. The Labute approximate surface area is 351 Å². The van der Waals surface area contributed by atoms with Crippen molar-refractivity contribution >= 4 is 29.8 Å². The highest BCUT2D eigenvalue weighted by molar-refractivity contribution is 5.94. The van der Waals surface area contributed by atoms with Gasteiger partial charge in [0.1, 0.15) is 30.0 Å². The number of hydrogen-bond acceptors (Lipinski definition) is 13. The molecule has 2 N–H and O–H groups in total. The number of hydrogen-bond donors (Lipinski definition) is 2. The number of Topliss-reactive ketones (excluding diaryl/α,β-unsaturated/α-hetero) is 1. The van der Waals surface area contributed by atoms with Gasteiger partial charge in [-0.15, -0.1) is 0 Å². The van der Waals surface area contributed by atoms with Gasteiger partial charge in [-0.2, -0.15) is 0 Å². The zero-order valence-corrected chi connectivity index (χ0v) is 36.4. The van der Waals surface area contributed by atoms with Crippen molar-refractivity contribution in [2.75, 3.05) is 20.8 Å². The standard InChI is InChI=1S/C46H59NO13/c1-25-29(57-40(52)34(49)33(27-18-14-12-15-19-27)47-41(53)60-42(3,4)5)23-44(8)38(58-39(51)28-20-16-13-17-21-28)36-45(9,37(50)35(55-11)32(25)43(44,6)7)30(54-10)22-31-46(36,24-56-31)59-26(2)48/h12-21,29-31,33-36,38,49H,22-24H2,1-11H3,(H,47,53)/t29-,30-,31+,33-,34+,35+,36-,38-,44-,45+,46-/m0/s1. The molecule has 14 nitrogen and oxygen atoms in total. The molecule has 2 aromatic carbocycles.